The van der Waals surface area contributed by atoms with Crippen LogP contribution in [0.25, 0.3) is 0 Å². The van der Waals surface area contributed by atoms with Crippen molar-refractivity contribution in [3.8, 4) is 0 Å². The van der Waals surface area contributed by atoms with Crippen molar-refractivity contribution in [2.75, 3.05) is 6.61 Å². The van der Waals surface area contributed by atoms with Crippen LogP contribution in [0.5, 0.6) is 0 Å². The average Bonchev–Trinajstić information content (AvgIpc) is 3.58. The Balaban J connectivity index is 1.39. The van der Waals surface area contributed by atoms with E-state index in [2.05, 4.69) is 5.32 Å². The molecule has 1 amide bonds. The Labute approximate surface area is 358 Å². The van der Waals surface area contributed by atoms with Gasteiger partial charge in [0.1, 0.15) is 24.4 Å². The van der Waals surface area contributed by atoms with Gasteiger partial charge in [-0.1, -0.05) is 80.6 Å². The van der Waals surface area contributed by atoms with E-state index in [4.69, 9.17) is 23.4 Å². The van der Waals surface area contributed by atoms with Crippen molar-refractivity contribution in [2.24, 2.45) is 16.7 Å². The summed E-state index contributed by atoms with van der Waals surface area (Å²) in [4.78, 5) is 70.5. The highest BCUT2D eigenvalue weighted by molar-refractivity contribution is 5.96. The van der Waals surface area contributed by atoms with Crippen molar-refractivity contribution in [3.63, 3.8) is 0 Å². The minimum absolute atomic E-state index is 0.00475. The second kappa shape index (κ2) is 16.5. The highest BCUT2D eigenvalue weighted by Crippen LogP contribution is 2.63. The number of ether oxygens (including phenoxy) is 4. The molecule has 62 heavy (non-hydrogen) atoms. The normalized spacial score (nSPS) is 32.0. The van der Waals surface area contributed by atoms with Gasteiger partial charge in [-0.15, -0.1) is 0 Å². The molecule has 2 saturated carbocycles. The van der Waals surface area contributed by atoms with Gasteiger partial charge in [-0.25, -0.2) is 9.59 Å². The number of Topliss-reactive ketones (excluding diaryl/α,β-unsaturated/α-hetero) is 1. The summed E-state index contributed by atoms with van der Waals surface area (Å²) < 4.78 is 30.6. The van der Waals surface area contributed by atoms with Crippen LogP contribution in [0, 0.1) is 16.7 Å². The molecular formula is C47H52NO14+. The largest absolute Gasteiger partial charge is 0.482 e. The number of benzene rings is 3. The highest BCUT2D eigenvalue weighted by Gasteiger charge is 2.80. The van der Waals surface area contributed by atoms with Crippen LogP contribution < -0.4 is 5.32 Å². The Morgan fingerprint density at radius 3 is 2.05 bits per heavy atom. The Morgan fingerprint density at radius 1 is 0.887 bits per heavy atom. The molecule has 3 aliphatic carbocycles. The van der Waals surface area contributed by atoms with Gasteiger partial charge >= 0.3 is 23.9 Å². The number of aliphatic hydroxyl groups is 4. The molecule has 3 aromatic carbocycles. The molecule has 11 atom stereocenters. The third-order valence-corrected chi connectivity index (χ3v) is 13.5. The molecule has 0 radical (unpaired) electrons. The molecule has 3 aromatic rings. The number of ketones is 1. The Bertz CT molecular complexity index is 2300. The van der Waals surface area contributed by atoms with Gasteiger partial charge in [-0.05, 0) is 54.8 Å². The Hall–Kier alpha value is -5.74. The summed E-state index contributed by atoms with van der Waals surface area (Å²) in [6.07, 6.45) is -10.7. The van der Waals surface area contributed by atoms with Crippen molar-refractivity contribution >= 4 is 35.6 Å². The van der Waals surface area contributed by atoms with Gasteiger partial charge < -0.3 is 49.1 Å². The standard InChI is InChI=1S/C47H51NO14/c1-25-31(60-43(56)36(52)35(28-16-10-7-11-17-28)48-41(54)29-18-12-8-13-19-29)23-47(57)40(61-42(55)30-20-14-9-15-21-30)38-45(6,32(51)22-33-46(38,24-49)62-27(3)59-33)39(53)37(58-26(2)50)34(25)44(47,4)5/h7-21,31-33,35-38,40,49,51-52,57H,22-24H2,1-6H3/p+1/t31-,32-,33-,35-,36+,37+,38-,40-,45+,46-,47+/m0/s1. The fourth-order valence-electron chi connectivity index (χ4n) is 10.2. The van der Waals surface area contributed by atoms with Gasteiger partial charge in [-0.3, -0.25) is 14.4 Å². The molecule has 0 aromatic heterocycles. The fourth-order valence-corrected chi connectivity index (χ4v) is 10.2. The molecular weight excluding hydrogens is 803 g/mol. The molecule has 4 aliphatic rings. The number of rotatable bonds is 10. The van der Waals surface area contributed by atoms with Gasteiger partial charge in [0, 0.05) is 30.7 Å². The monoisotopic (exact) mass is 854 g/mol. The average molecular weight is 855 g/mol. The van der Waals surface area contributed by atoms with Crippen LogP contribution in [0.2, 0.25) is 0 Å². The van der Waals surface area contributed by atoms with E-state index in [1.165, 1.54) is 32.9 Å². The number of carbonyl (C=O) groups is 5. The molecule has 15 nitrogen and oxygen atoms in total. The minimum atomic E-state index is -2.41. The molecule has 15 heteroatoms. The number of amides is 1. The number of esters is 4. The molecule has 7 rings (SSSR count). The first-order chi connectivity index (χ1) is 29.3. The highest BCUT2D eigenvalue weighted by atomic mass is 16.7. The van der Waals surface area contributed by atoms with Crippen LogP contribution >= 0.6 is 0 Å². The summed E-state index contributed by atoms with van der Waals surface area (Å²) in [5.74, 6) is -6.15. The van der Waals surface area contributed by atoms with E-state index in [1.807, 2.05) is 0 Å². The van der Waals surface area contributed by atoms with E-state index in [0.717, 1.165) is 6.92 Å². The predicted molar refractivity (Wildman–Crippen MR) is 219 cm³/mol. The number of hydrogen-bond acceptors (Lipinski definition) is 13. The van der Waals surface area contributed by atoms with Crippen LogP contribution in [0.15, 0.2) is 102 Å². The first-order valence-corrected chi connectivity index (χ1v) is 20.5. The minimum Gasteiger partial charge on any atom is -0.456 e. The molecule has 328 valence electrons. The molecule has 2 bridgehead atoms. The lowest BCUT2D eigenvalue weighted by Crippen LogP contribution is -2.77. The first-order valence-electron chi connectivity index (χ1n) is 20.5. The lowest BCUT2D eigenvalue weighted by atomic mass is 9.45. The lowest BCUT2D eigenvalue weighted by Gasteiger charge is -2.62. The van der Waals surface area contributed by atoms with Crippen LogP contribution in [0.3, 0.4) is 0 Å². The van der Waals surface area contributed by atoms with Gasteiger partial charge in [0.05, 0.1) is 36.0 Å². The summed E-state index contributed by atoms with van der Waals surface area (Å²) in [5.41, 5.74) is -7.24. The van der Waals surface area contributed by atoms with Gasteiger partial charge in [0.15, 0.2) is 18.0 Å². The topological polar surface area (TPSA) is 227 Å². The third kappa shape index (κ3) is 7.20. The van der Waals surface area contributed by atoms with E-state index in [-0.39, 0.29) is 34.7 Å². The number of fused-ring (bicyclic) bond motifs is 5. The molecule has 0 saturated heterocycles. The molecule has 2 fully saturated rings. The van der Waals surface area contributed by atoms with Crippen molar-refractivity contribution in [3.05, 3.63) is 119 Å². The second-order valence-corrected chi connectivity index (χ2v) is 17.3. The van der Waals surface area contributed by atoms with Gasteiger partial charge in [-0.2, -0.15) is 0 Å². The zero-order valence-corrected chi connectivity index (χ0v) is 35.3. The maximum atomic E-state index is 15.5. The summed E-state index contributed by atoms with van der Waals surface area (Å²) in [6.45, 7) is 7.76. The quantitative estimate of drug-likeness (QED) is 0.0856. The SMILES string of the molecule is CC(=O)O[C@H]1C(=O)[C@@]2(C)[C@H]([C@H](OC(=O)c3ccccc3)[C@]3(O)C[C@H](OC(=O)[C@H](O)[C@@H](NC(=O)c4ccccc4)c4ccccc4)C(C)=C1C3(C)C)[C@@]1(CO)OC(C)=[O+][C@H]1C[C@@H]2O. The Kier molecular flexibility index (Phi) is 11.8. The van der Waals surface area contributed by atoms with Crippen LogP contribution in [0.4, 0.5) is 0 Å². The molecule has 1 aliphatic heterocycles. The van der Waals surface area contributed by atoms with Crippen molar-refractivity contribution in [1.29, 1.82) is 0 Å². The number of hydrogen-bond donors (Lipinski definition) is 5. The zero-order valence-electron chi connectivity index (χ0n) is 35.3. The smallest absolute Gasteiger partial charge is 0.456 e. The van der Waals surface area contributed by atoms with E-state index < -0.39 is 113 Å². The van der Waals surface area contributed by atoms with E-state index >= 15 is 4.79 Å². The third-order valence-electron chi connectivity index (χ3n) is 13.5. The van der Waals surface area contributed by atoms with Crippen molar-refractivity contribution in [1.82, 2.24) is 5.32 Å². The van der Waals surface area contributed by atoms with Crippen molar-refractivity contribution in [2.45, 2.75) is 108 Å². The Morgan fingerprint density at radius 2 is 1.47 bits per heavy atom. The summed E-state index contributed by atoms with van der Waals surface area (Å²) in [6, 6.07) is 23.0. The number of nitrogens with one attached hydrogen (secondary N) is 1. The molecule has 5 N–H and O–H groups in total. The van der Waals surface area contributed by atoms with Gasteiger partial charge in [0.2, 0.25) is 0 Å². The predicted octanol–water partition coefficient (Wildman–Crippen LogP) is 3.25. The van der Waals surface area contributed by atoms with Gasteiger partial charge in [0.25, 0.3) is 17.6 Å². The number of aliphatic hydroxyl groups excluding tert-OH is 3. The fraction of sp³-hybridized carbons (Fsp3) is 0.447. The maximum Gasteiger partial charge on any atom is 0.482 e. The maximum absolute atomic E-state index is 15.5. The first kappa shape index (κ1) is 44.3. The van der Waals surface area contributed by atoms with E-state index in [0.29, 0.717) is 5.56 Å². The molecule has 1 heterocycles. The summed E-state index contributed by atoms with van der Waals surface area (Å²) in [7, 11) is 0. The zero-order chi connectivity index (χ0) is 44.9. The van der Waals surface area contributed by atoms with Crippen LogP contribution in [-0.4, -0.2) is 110 Å². The second-order valence-electron chi connectivity index (χ2n) is 17.3. The summed E-state index contributed by atoms with van der Waals surface area (Å²) >= 11 is 0. The van der Waals surface area contributed by atoms with Crippen LogP contribution in [-0.2, 0) is 37.8 Å². The lowest BCUT2D eigenvalue weighted by molar-refractivity contribution is -0.518. The molecule has 0 unspecified atom stereocenters. The van der Waals surface area contributed by atoms with E-state index in [1.54, 1.807) is 92.7 Å². The van der Waals surface area contributed by atoms with Crippen LogP contribution in [0.1, 0.15) is 86.7 Å². The molecule has 0 spiro atoms. The van der Waals surface area contributed by atoms with Crippen molar-refractivity contribution < 1.29 is 67.8 Å². The number of carbonyl (C=O) groups excluding carboxylic acids is 6. The summed E-state index contributed by atoms with van der Waals surface area (Å²) in [5, 5.41) is 51.7. The van der Waals surface area contributed by atoms with E-state index in [9.17, 15) is 39.6 Å².